The van der Waals surface area contributed by atoms with Gasteiger partial charge in [-0.05, 0) is 50.3 Å². The van der Waals surface area contributed by atoms with Gasteiger partial charge in [-0.15, -0.1) is 0 Å². The van der Waals surface area contributed by atoms with E-state index in [1.807, 2.05) is 0 Å². The molecule has 1 unspecified atom stereocenters. The van der Waals surface area contributed by atoms with Crippen LogP contribution in [0.25, 0.3) is 0 Å². The number of hydrogen-bond donors (Lipinski definition) is 3. The van der Waals surface area contributed by atoms with Crippen molar-refractivity contribution in [3.63, 3.8) is 0 Å². The van der Waals surface area contributed by atoms with Crippen molar-refractivity contribution in [1.82, 2.24) is 20.2 Å². The Morgan fingerprint density at radius 2 is 2.11 bits per heavy atom. The van der Waals surface area contributed by atoms with Crippen LogP contribution in [0.2, 0.25) is 0 Å². The molecule has 18 heavy (non-hydrogen) atoms. The van der Waals surface area contributed by atoms with Crippen LogP contribution in [0.5, 0.6) is 0 Å². The average Bonchev–Trinajstić information content (AvgIpc) is 2.99. The van der Waals surface area contributed by atoms with Crippen LogP contribution >= 0.6 is 0 Å². The van der Waals surface area contributed by atoms with Crippen molar-refractivity contribution in [3.8, 4) is 0 Å². The zero-order valence-electron chi connectivity index (χ0n) is 10.1. The second-order valence-corrected chi connectivity index (χ2v) is 6.91. The fourth-order valence-electron chi connectivity index (χ4n) is 3.08. The summed E-state index contributed by atoms with van der Waals surface area (Å²) in [7, 11) is -3.43. The van der Waals surface area contributed by atoms with Gasteiger partial charge in [0, 0.05) is 6.04 Å². The van der Waals surface area contributed by atoms with Crippen molar-refractivity contribution < 1.29 is 8.42 Å². The summed E-state index contributed by atoms with van der Waals surface area (Å²) in [5.41, 5.74) is 0. The van der Waals surface area contributed by atoms with Gasteiger partial charge in [-0.3, -0.25) is 5.10 Å². The van der Waals surface area contributed by atoms with Gasteiger partial charge in [-0.25, -0.2) is 13.1 Å². The number of hydrogen-bond acceptors (Lipinski definition) is 4. The summed E-state index contributed by atoms with van der Waals surface area (Å²) in [6, 6.07) is 1.53. The molecule has 3 rings (SSSR count). The summed E-state index contributed by atoms with van der Waals surface area (Å²) in [6.07, 6.45) is 4.42. The fraction of sp³-hybridized carbons (Fsp3) is 0.727. The molecule has 2 heterocycles. The number of nitrogens with zero attached hydrogens (tertiary/aromatic N) is 1. The van der Waals surface area contributed by atoms with E-state index in [-0.39, 0.29) is 11.1 Å². The van der Waals surface area contributed by atoms with Gasteiger partial charge >= 0.3 is 0 Å². The predicted molar refractivity (Wildman–Crippen MR) is 66.4 cm³/mol. The molecular formula is C11H18N4O2S. The van der Waals surface area contributed by atoms with E-state index in [0.717, 1.165) is 38.3 Å². The van der Waals surface area contributed by atoms with E-state index in [0.29, 0.717) is 5.92 Å². The van der Waals surface area contributed by atoms with Crippen LogP contribution in [0.4, 0.5) is 0 Å². The van der Waals surface area contributed by atoms with Crippen molar-refractivity contribution in [1.29, 1.82) is 0 Å². The van der Waals surface area contributed by atoms with Crippen molar-refractivity contribution in [2.24, 2.45) is 11.8 Å². The standard InChI is InChI=1S/C11H18N4O2S/c16-18(17,11-3-4-13-14-11)15-10-2-1-8-6-12-7-9(8)5-10/h3-4,8-10,12,15H,1-2,5-7H2,(H,13,14)/t8-,9+,10?/m0/s1. The zero-order valence-corrected chi connectivity index (χ0v) is 10.9. The van der Waals surface area contributed by atoms with Gasteiger partial charge in [0.2, 0.25) is 0 Å². The molecule has 0 bridgehead atoms. The molecular weight excluding hydrogens is 252 g/mol. The van der Waals surface area contributed by atoms with Crippen LogP contribution in [-0.2, 0) is 10.0 Å². The Kier molecular flexibility index (Phi) is 3.13. The van der Waals surface area contributed by atoms with E-state index < -0.39 is 10.0 Å². The first kappa shape index (κ1) is 12.1. The SMILES string of the molecule is O=S(=O)(NC1CC[C@H]2CNC[C@H]2C1)c1ccn[nH]1. The lowest BCUT2D eigenvalue weighted by molar-refractivity contribution is 0.260. The molecule has 3 atom stereocenters. The molecule has 1 saturated heterocycles. The molecule has 3 N–H and O–H groups in total. The molecule has 0 amide bonds. The molecule has 0 aromatic carbocycles. The van der Waals surface area contributed by atoms with Crippen LogP contribution in [0.3, 0.4) is 0 Å². The molecule has 0 spiro atoms. The van der Waals surface area contributed by atoms with Gasteiger partial charge in [-0.1, -0.05) is 0 Å². The summed E-state index contributed by atoms with van der Waals surface area (Å²) < 4.78 is 26.9. The quantitative estimate of drug-likeness (QED) is 0.726. The van der Waals surface area contributed by atoms with Crippen LogP contribution < -0.4 is 10.0 Å². The zero-order chi connectivity index (χ0) is 12.6. The van der Waals surface area contributed by atoms with Crippen molar-refractivity contribution in [3.05, 3.63) is 12.3 Å². The van der Waals surface area contributed by atoms with Gasteiger partial charge < -0.3 is 5.32 Å². The second kappa shape index (κ2) is 4.64. The molecule has 1 saturated carbocycles. The van der Waals surface area contributed by atoms with Gasteiger partial charge in [0.15, 0.2) is 5.03 Å². The van der Waals surface area contributed by atoms with E-state index in [2.05, 4.69) is 20.2 Å². The fourth-order valence-corrected chi connectivity index (χ4v) is 4.28. The Balaban J connectivity index is 1.67. The minimum absolute atomic E-state index is 0.0550. The van der Waals surface area contributed by atoms with Crippen molar-refractivity contribution in [2.45, 2.75) is 30.3 Å². The Labute approximate surface area is 107 Å². The van der Waals surface area contributed by atoms with E-state index in [1.54, 1.807) is 0 Å². The van der Waals surface area contributed by atoms with Gasteiger partial charge in [0.05, 0.1) is 6.20 Å². The van der Waals surface area contributed by atoms with Crippen molar-refractivity contribution >= 4 is 10.0 Å². The first-order chi connectivity index (χ1) is 8.65. The lowest BCUT2D eigenvalue weighted by Crippen LogP contribution is -2.40. The maximum absolute atomic E-state index is 12.1. The lowest BCUT2D eigenvalue weighted by atomic mass is 9.79. The third kappa shape index (κ3) is 2.30. The normalized spacial score (nSPS) is 32.3. The number of nitrogens with one attached hydrogen (secondary N) is 3. The van der Waals surface area contributed by atoms with Crippen LogP contribution in [0, 0.1) is 11.8 Å². The lowest BCUT2D eigenvalue weighted by Gasteiger charge is -2.31. The Bertz CT molecular complexity index is 499. The molecule has 1 aliphatic carbocycles. The Morgan fingerprint density at radius 3 is 2.89 bits per heavy atom. The molecule has 1 aliphatic heterocycles. The van der Waals surface area contributed by atoms with Crippen LogP contribution in [-0.4, -0.2) is 37.7 Å². The third-order valence-electron chi connectivity index (χ3n) is 4.04. The minimum atomic E-state index is -3.43. The largest absolute Gasteiger partial charge is 0.316 e. The average molecular weight is 270 g/mol. The Hall–Kier alpha value is -0.920. The van der Waals surface area contributed by atoms with Gasteiger partial charge in [-0.2, -0.15) is 5.10 Å². The summed E-state index contributed by atoms with van der Waals surface area (Å²) >= 11 is 0. The summed E-state index contributed by atoms with van der Waals surface area (Å²) in [5, 5.41) is 9.71. The maximum atomic E-state index is 12.1. The summed E-state index contributed by atoms with van der Waals surface area (Å²) in [6.45, 7) is 2.11. The highest BCUT2D eigenvalue weighted by atomic mass is 32.2. The van der Waals surface area contributed by atoms with Crippen LogP contribution in [0.15, 0.2) is 17.3 Å². The topological polar surface area (TPSA) is 86.9 Å². The summed E-state index contributed by atoms with van der Waals surface area (Å²) in [5.74, 6) is 1.35. The summed E-state index contributed by atoms with van der Waals surface area (Å²) in [4.78, 5) is 0. The molecule has 2 aliphatic rings. The number of H-pyrrole nitrogens is 1. The monoisotopic (exact) mass is 270 g/mol. The van der Waals surface area contributed by atoms with E-state index >= 15 is 0 Å². The third-order valence-corrected chi connectivity index (χ3v) is 5.49. The molecule has 0 radical (unpaired) electrons. The number of fused-ring (bicyclic) bond motifs is 1. The number of rotatable bonds is 3. The van der Waals surface area contributed by atoms with Crippen LogP contribution in [0.1, 0.15) is 19.3 Å². The molecule has 6 nitrogen and oxygen atoms in total. The number of aromatic nitrogens is 2. The minimum Gasteiger partial charge on any atom is -0.316 e. The molecule has 7 heteroatoms. The van der Waals surface area contributed by atoms with E-state index in [9.17, 15) is 8.42 Å². The van der Waals surface area contributed by atoms with Gasteiger partial charge in [0.1, 0.15) is 0 Å². The van der Waals surface area contributed by atoms with E-state index in [4.69, 9.17) is 0 Å². The Morgan fingerprint density at radius 1 is 1.28 bits per heavy atom. The number of sulfonamides is 1. The van der Waals surface area contributed by atoms with Crippen molar-refractivity contribution in [2.75, 3.05) is 13.1 Å². The highest BCUT2D eigenvalue weighted by Gasteiger charge is 2.35. The second-order valence-electron chi connectivity index (χ2n) is 5.23. The van der Waals surface area contributed by atoms with E-state index in [1.165, 1.54) is 12.3 Å². The van der Waals surface area contributed by atoms with Gasteiger partial charge in [0.25, 0.3) is 10.0 Å². The number of aromatic amines is 1. The molecule has 100 valence electrons. The molecule has 2 fully saturated rings. The first-order valence-corrected chi connectivity index (χ1v) is 7.86. The highest BCUT2D eigenvalue weighted by Crippen LogP contribution is 2.33. The first-order valence-electron chi connectivity index (χ1n) is 6.37. The maximum Gasteiger partial charge on any atom is 0.257 e. The molecule has 1 aromatic heterocycles. The smallest absolute Gasteiger partial charge is 0.257 e. The highest BCUT2D eigenvalue weighted by molar-refractivity contribution is 7.89. The predicted octanol–water partition coefficient (Wildman–Crippen LogP) is 0.0761. The molecule has 1 aromatic rings.